The van der Waals surface area contributed by atoms with Crippen molar-refractivity contribution in [3.8, 4) is 0 Å². The van der Waals surface area contributed by atoms with Gasteiger partial charge in [0.1, 0.15) is 5.60 Å². The van der Waals surface area contributed by atoms with Crippen molar-refractivity contribution in [2.75, 3.05) is 32.7 Å². The molecule has 0 bridgehead atoms. The quantitative estimate of drug-likeness (QED) is 0.541. The van der Waals surface area contributed by atoms with Crippen molar-refractivity contribution in [2.24, 2.45) is 10.9 Å². The molecule has 0 radical (unpaired) electrons. The van der Waals surface area contributed by atoms with Gasteiger partial charge in [-0.2, -0.15) is 0 Å². The van der Waals surface area contributed by atoms with E-state index in [-0.39, 0.29) is 6.09 Å². The van der Waals surface area contributed by atoms with Gasteiger partial charge in [0.15, 0.2) is 5.96 Å². The first-order valence-electron chi connectivity index (χ1n) is 10.6. The highest BCUT2D eigenvalue weighted by molar-refractivity contribution is 7.11. The Morgan fingerprint density at radius 1 is 1.28 bits per heavy atom. The summed E-state index contributed by atoms with van der Waals surface area (Å²) in [5.74, 6) is 1.35. The summed E-state index contributed by atoms with van der Waals surface area (Å²) >= 11 is 1.77. The Morgan fingerprint density at radius 3 is 2.52 bits per heavy atom. The predicted molar refractivity (Wildman–Crippen MR) is 120 cm³/mol. The van der Waals surface area contributed by atoms with Gasteiger partial charge in [0, 0.05) is 44.0 Å². The number of nitrogens with one attached hydrogen (secondary N) is 2. The topological polar surface area (TPSA) is 78.9 Å². The zero-order valence-electron chi connectivity index (χ0n) is 18.8. The number of aromatic nitrogens is 1. The molecular formula is C21H37N5O2S. The number of hydrogen-bond acceptors (Lipinski definition) is 5. The van der Waals surface area contributed by atoms with Crippen molar-refractivity contribution in [3.63, 3.8) is 0 Å². The maximum absolute atomic E-state index is 12.2. The number of carbonyl (C=O) groups is 1. The van der Waals surface area contributed by atoms with Crippen LogP contribution in [-0.4, -0.2) is 60.3 Å². The Hall–Kier alpha value is -1.83. The minimum Gasteiger partial charge on any atom is -0.444 e. The molecule has 0 atom stereocenters. The van der Waals surface area contributed by atoms with Crippen molar-refractivity contribution in [1.29, 1.82) is 0 Å². The standard InChI is InChI=1S/C21H37N5O2S/c1-7-22-19(23-11-8-18-25-15(2)16(3)29-18)24-14-17-9-12-26(13-10-17)20(27)28-21(4,5)6/h17H,7-14H2,1-6H3,(H2,22,23,24). The number of aryl methyl sites for hydroxylation is 2. The normalized spacial score (nSPS) is 16.1. The van der Waals surface area contributed by atoms with Crippen LogP contribution in [0.1, 0.15) is 56.1 Å². The van der Waals surface area contributed by atoms with E-state index >= 15 is 0 Å². The lowest BCUT2D eigenvalue weighted by Crippen LogP contribution is -2.42. The number of piperidine rings is 1. The monoisotopic (exact) mass is 423 g/mol. The van der Waals surface area contributed by atoms with Gasteiger partial charge in [-0.05, 0) is 60.3 Å². The van der Waals surface area contributed by atoms with E-state index in [4.69, 9.17) is 9.73 Å². The van der Waals surface area contributed by atoms with E-state index < -0.39 is 5.60 Å². The summed E-state index contributed by atoms with van der Waals surface area (Å²) in [5, 5.41) is 7.89. The molecule has 8 heteroatoms. The Morgan fingerprint density at radius 2 is 1.97 bits per heavy atom. The zero-order valence-corrected chi connectivity index (χ0v) is 19.6. The minimum atomic E-state index is -0.444. The molecule has 1 aliphatic rings. The molecule has 1 aromatic heterocycles. The summed E-state index contributed by atoms with van der Waals surface area (Å²) in [6.07, 6.45) is 2.61. The second-order valence-corrected chi connectivity index (χ2v) is 9.84. The molecule has 1 aromatic rings. The smallest absolute Gasteiger partial charge is 0.410 e. The van der Waals surface area contributed by atoms with Gasteiger partial charge in [-0.25, -0.2) is 9.78 Å². The molecule has 0 aliphatic carbocycles. The SMILES string of the molecule is CCNC(=NCC1CCN(C(=O)OC(C)(C)C)CC1)NCCc1nc(C)c(C)s1. The first-order valence-corrected chi connectivity index (χ1v) is 11.4. The van der Waals surface area contributed by atoms with Gasteiger partial charge >= 0.3 is 6.09 Å². The van der Waals surface area contributed by atoms with E-state index in [0.29, 0.717) is 5.92 Å². The molecule has 1 aliphatic heterocycles. The molecule has 2 N–H and O–H groups in total. The molecule has 1 fully saturated rings. The summed E-state index contributed by atoms with van der Waals surface area (Å²) in [6, 6.07) is 0. The Labute approximate surface area is 179 Å². The van der Waals surface area contributed by atoms with Gasteiger partial charge in [0.05, 0.1) is 10.7 Å². The first kappa shape index (κ1) is 23.4. The van der Waals surface area contributed by atoms with E-state index in [9.17, 15) is 4.79 Å². The Bertz CT molecular complexity index is 668. The van der Waals surface area contributed by atoms with Gasteiger partial charge in [0.2, 0.25) is 0 Å². The molecule has 1 saturated heterocycles. The molecular weight excluding hydrogens is 386 g/mol. The van der Waals surface area contributed by atoms with Crippen molar-refractivity contribution in [1.82, 2.24) is 20.5 Å². The third kappa shape index (κ3) is 8.20. The van der Waals surface area contributed by atoms with Crippen molar-refractivity contribution in [3.05, 3.63) is 15.6 Å². The summed E-state index contributed by atoms with van der Waals surface area (Å²) in [7, 11) is 0. The number of guanidine groups is 1. The molecule has 2 heterocycles. The second-order valence-electron chi connectivity index (χ2n) is 8.56. The van der Waals surface area contributed by atoms with Gasteiger partial charge in [-0.15, -0.1) is 11.3 Å². The van der Waals surface area contributed by atoms with Crippen LogP contribution in [-0.2, 0) is 11.2 Å². The van der Waals surface area contributed by atoms with Crippen molar-refractivity contribution < 1.29 is 9.53 Å². The van der Waals surface area contributed by atoms with Crippen LogP contribution >= 0.6 is 11.3 Å². The molecule has 0 spiro atoms. The first-order chi connectivity index (χ1) is 13.7. The van der Waals surface area contributed by atoms with Gasteiger partial charge in [0.25, 0.3) is 0 Å². The van der Waals surface area contributed by atoms with Crippen molar-refractivity contribution >= 4 is 23.4 Å². The lowest BCUT2D eigenvalue weighted by Gasteiger charge is -2.33. The van der Waals surface area contributed by atoms with E-state index in [1.807, 2.05) is 25.7 Å². The number of nitrogens with zero attached hydrogens (tertiary/aromatic N) is 3. The second kappa shape index (κ2) is 10.8. The van der Waals surface area contributed by atoms with Crippen LogP contribution in [0.5, 0.6) is 0 Å². The molecule has 0 unspecified atom stereocenters. The molecule has 29 heavy (non-hydrogen) atoms. The van der Waals surface area contributed by atoms with E-state index in [2.05, 4.69) is 36.4 Å². The number of ether oxygens (including phenoxy) is 1. The van der Waals surface area contributed by atoms with E-state index in [1.165, 1.54) is 4.88 Å². The number of hydrogen-bond donors (Lipinski definition) is 2. The maximum atomic E-state index is 12.2. The summed E-state index contributed by atoms with van der Waals surface area (Å²) in [5.41, 5.74) is 0.684. The van der Waals surface area contributed by atoms with Gasteiger partial charge < -0.3 is 20.3 Å². The predicted octanol–water partition coefficient (Wildman–Crippen LogP) is 3.50. The molecule has 2 rings (SSSR count). The average molecular weight is 424 g/mol. The summed E-state index contributed by atoms with van der Waals surface area (Å²) in [6.45, 7) is 15.8. The fraction of sp³-hybridized carbons (Fsp3) is 0.762. The van der Waals surface area contributed by atoms with E-state index in [1.54, 1.807) is 11.3 Å². The summed E-state index contributed by atoms with van der Waals surface area (Å²) < 4.78 is 5.47. The molecule has 0 saturated carbocycles. The maximum Gasteiger partial charge on any atom is 0.410 e. The minimum absolute atomic E-state index is 0.206. The summed E-state index contributed by atoms with van der Waals surface area (Å²) in [4.78, 5) is 24.6. The average Bonchev–Trinajstić information content (AvgIpc) is 2.96. The van der Waals surface area contributed by atoms with Crippen LogP contribution < -0.4 is 10.6 Å². The number of thiazole rings is 1. The molecule has 164 valence electrons. The molecule has 7 nitrogen and oxygen atoms in total. The molecule has 0 aromatic carbocycles. The lowest BCUT2D eigenvalue weighted by molar-refractivity contribution is 0.0187. The third-order valence-electron chi connectivity index (χ3n) is 4.82. The van der Waals surface area contributed by atoms with Crippen LogP contribution in [0.25, 0.3) is 0 Å². The number of rotatable bonds is 6. The fourth-order valence-corrected chi connectivity index (χ4v) is 4.05. The Balaban J connectivity index is 1.76. The highest BCUT2D eigenvalue weighted by Gasteiger charge is 2.26. The van der Waals surface area contributed by atoms with Crippen LogP contribution in [0.4, 0.5) is 4.79 Å². The molecule has 1 amide bonds. The number of aliphatic imine (C=N–C) groups is 1. The number of likely N-dealkylation sites (tertiary alicyclic amines) is 1. The third-order valence-corrected chi connectivity index (χ3v) is 5.95. The highest BCUT2D eigenvalue weighted by Crippen LogP contribution is 2.20. The number of carbonyl (C=O) groups excluding carboxylic acids is 1. The fourth-order valence-electron chi connectivity index (χ4n) is 3.12. The highest BCUT2D eigenvalue weighted by atomic mass is 32.1. The van der Waals surface area contributed by atoms with Gasteiger partial charge in [-0.1, -0.05) is 0 Å². The van der Waals surface area contributed by atoms with E-state index in [0.717, 1.165) is 68.6 Å². The Kier molecular flexibility index (Phi) is 8.74. The van der Waals surface area contributed by atoms with Gasteiger partial charge in [-0.3, -0.25) is 4.99 Å². The number of amides is 1. The van der Waals surface area contributed by atoms with Crippen LogP contribution in [0.15, 0.2) is 4.99 Å². The van der Waals surface area contributed by atoms with Crippen LogP contribution in [0.2, 0.25) is 0 Å². The largest absolute Gasteiger partial charge is 0.444 e. The van der Waals surface area contributed by atoms with Crippen LogP contribution in [0.3, 0.4) is 0 Å². The van der Waals surface area contributed by atoms with Crippen LogP contribution in [0, 0.1) is 19.8 Å². The van der Waals surface area contributed by atoms with Crippen molar-refractivity contribution in [2.45, 2.75) is 66.4 Å². The lowest BCUT2D eigenvalue weighted by atomic mass is 9.97. The zero-order chi connectivity index (χ0) is 21.4.